The van der Waals surface area contributed by atoms with E-state index in [0.29, 0.717) is 5.88 Å². The van der Waals surface area contributed by atoms with Crippen LogP contribution >= 0.6 is 0 Å². The number of pyridine rings is 1. The Labute approximate surface area is 102 Å². The zero-order valence-corrected chi connectivity index (χ0v) is 9.58. The van der Waals surface area contributed by atoms with Gasteiger partial charge >= 0.3 is 0 Å². The van der Waals surface area contributed by atoms with E-state index in [1.54, 1.807) is 6.07 Å². The van der Waals surface area contributed by atoms with Crippen molar-refractivity contribution in [2.24, 2.45) is 0 Å². The van der Waals surface area contributed by atoms with Gasteiger partial charge < -0.3 is 15.8 Å². The molecule has 0 amide bonds. The maximum atomic E-state index is 13.4. The second-order valence-electron chi connectivity index (χ2n) is 3.51. The van der Waals surface area contributed by atoms with Crippen molar-refractivity contribution in [3.05, 3.63) is 42.0 Å². The molecule has 3 N–H and O–H groups in total. The summed E-state index contributed by atoms with van der Waals surface area (Å²) in [5.74, 6) is -1.01. The van der Waals surface area contributed by atoms with Crippen LogP contribution in [0.1, 0.15) is 0 Å². The Kier molecular flexibility index (Phi) is 3.27. The molecule has 94 valence electrons. The number of nitrogens with two attached hydrogens (primary N) is 1. The fraction of sp³-hybridized carbons (Fsp3) is 0.0833. The van der Waals surface area contributed by atoms with Crippen molar-refractivity contribution in [1.29, 1.82) is 0 Å². The lowest BCUT2D eigenvalue weighted by molar-refractivity contribution is 0.398. The molecule has 0 saturated carbocycles. The van der Waals surface area contributed by atoms with Gasteiger partial charge in [0.2, 0.25) is 5.88 Å². The number of halogens is 2. The molecular weight excluding hydrogens is 240 g/mol. The van der Waals surface area contributed by atoms with Gasteiger partial charge in [-0.3, -0.25) is 0 Å². The topological polar surface area (TPSA) is 60.2 Å². The zero-order valence-electron chi connectivity index (χ0n) is 9.58. The molecule has 0 fully saturated rings. The largest absolute Gasteiger partial charge is 0.481 e. The normalized spacial score (nSPS) is 10.2. The van der Waals surface area contributed by atoms with Crippen LogP contribution in [-0.4, -0.2) is 12.1 Å². The summed E-state index contributed by atoms with van der Waals surface area (Å²) in [5, 5.41) is 2.52. The van der Waals surface area contributed by atoms with Crippen LogP contribution in [0.3, 0.4) is 0 Å². The Morgan fingerprint density at radius 2 is 1.83 bits per heavy atom. The molecule has 0 aliphatic rings. The molecule has 0 unspecified atom stereocenters. The van der Waals surface area contributed by atoms with Gasteiger partial charge in [0.05, 0.1) is 12.8 Å². The smallest absolute Gasteiger partial charge is 0.215 e. The Morgan fingerprint density at radius 3 is 2.44 bits per heavy atom. The quantitative estimate of drug-likeness (QED) is 0.880. The first kappa shape index (κ1) is 12.1. The molecular formula is C12H11F2N3O. The third-order valence-electron chi connectivity index (χ3n) is 2.32. The van der Waals surface area contributed by atoms with E-state index in [4.69, 9.17) is 10.5 Å². The predicted molar refractivity (Wildman–Crippen MR) is 64.8 cm³/mol. The van der Waals surface area contributed by atoms with E-state index in [-0.39, 0.29) is 17.2 Å². The Bertz CT molecular complexity index is 555. The summed E-state index contributed by atoms with van der Waals surface area (Å²) in [5.41, 5.74) is 5.63. The number of rotatable bonds is 3. The molecule has 0 bridgehead atoms. The lowest BCUT2D eigenvalue weighted by atomic mass is 10.3. The molecule has 4 nitrogen and oxygen atoms in total. The summed E-state index contributed by atoms with van der Waals surface area (Å²) in [6.07, 6.45) is 0. The van der Waals surface area contributed by atoms with Crippen LogP contribution in [0.2, 0.25) is 0 Å². The van der Waals surface area contributed by atoms with Crippen LogP contribution in [0.4, 0.5) is 26.0 Å². The van der Waals surface area contributed by atoms with Crippen molar-refractivity contribution in [1.82, 2.24) is 4.98 Å². The van der Waals surface area contributed by atoms with Crippen molar-refractivity contribution < 1.29 is 13.5 Å². The average molecular weight is 251 g/mol. The van der Waals surface area contributed by atoms with E-state index in [9.17, 15) is 8.78 Å². The molecule has 0 aliphatic carbocycles. The molecule has 0 spiro atoms. The molecule has 1 aromatic heterocycles. The van der Waals surface area contributed by atoms with Gasteiger partial charge in [-0.2, -0.15) is 4.98 Å². The van der Waals surface area contributed by atoms with Gasteiger partial charge in [0.1, 0.15) is 17.3 Å². The minimum absolute atomic E-state index is 0.137. The summed E-state index contributed by atoms with van der Waals surface area (Å²) in [6.45, 7) is 0. The van der Waals surface area contributed by atoms with Gasteiger partial charge in [0.25, 0.3) is 0 Å². The summed E-state index contributed by atoms with van der Waals surface area (Å²) in [7, 11) is 1.44. The van der Waals surface area contributed by atoms with E-state index in [0.717, 1.165) is 12.1 Å². The Balaban J connectivity index is 2.39. The van der Waals surface area contributed by atoms with Crippen LogP contribution in [0.25, 0.3) is 0 Å². The number of hydrogen-bond acceptors (Lipinski definition) is 4. The number of anilines is 3. The molecule has 0 saturated heterocycles. The third-order valence-corrected chi connectivity index (χ3v) is 2.32. The van der Waals surface area contributed by atoms with Gasteiger partial charge in [0, 0.05) is 6.07 Å². The molecule has 1 aromatic carbocycles. The third kappa shape index (κ3) is 2.32. The molecule has 6 heteroatoms. The van der Waals surface area contributed by atoms with E-state index in [1.165, 1.54) is 19.2 Å². The van der Waals surface area contributed by atoms with Crippen LogP contribution in [-0.2, 0) is 0 Å². The number of nitrogens with one attached hydrogen (secondary N) is 1. The second-order valence-corrected chi connectivity index (χ2v) is 3.51. The maximum absolute atomic E-state index is 13.4. The molecule has 0 radical (unpaired) electrons. The average Bonchev–Trinajstić information content (AvgIpc) is 2.36. The summed E-state index contributed by atoms with van der Waals surface area (Å²) >= 11 is 0. The Hall–Kier alpha value is -2.37. The number of benzene rings is 1. The van der Waals surface area contributed by atoms with Crippen molar-refractivity contribution in [3.63, 3.8) is 0 Å². The van der Waals surface area contributed by atoms with Crippen LogP contribution in [0.5, 0.6) is 5.88 Å². The number of nitrogens with zero attached hydrogens (tertiary/aromatic N) is 1. The summed E-state index contributed by atoms with van der Waals surface area (Å²) in [6, 6.07) is 6.65. The first-order valence-electron chi connectivity index (χ1n) is 5.13. The predicted octanol–water partition coefficient (Wildman–Crippen LogP) is 2.69. The SMILES string of the molecule is COc1ccc(N)c(Nc2c(F)cccc2F)n1. The number of methoxy groups -OCH3 is 1. The standard InChI is InChI=1S/C12H11F2N3O/c1-18-10-6-5-9(15)12(16-10)17-11-7(13)3-2-4-8(11)14/h2-6H,15H2,1H3,(H,16,17). The minimum atomic E-state index is -0.723. The molecule has 2 rings (SSSR count). The first-order chi connectivity index (χ1) is 8.61. The molecule has 0 atom stereocenters. The van der Waals surface area contributed by atoms with Gasteiger partial charge in [-0.15, -0.1) is 0 Å². The van der Waals surface area contributed by atoms with E-state index in [2.05, 4.69) is 10.3 Å². The van der Waals surface area contributed by atoms with Crippen LogP contribution < -0.4 is 15.8 Å². The van der Waals surface area contributed by atoms with Gasteiger partial charge in [-0.1, -0.05) is 6.07 Å². The van der Waals surface area contributed by atoms with Crippen molar-refractivity contribution in [2.45, 2.75) is 0 Å². The highest BCUT2D eigenvalue weighted by Gasteiger charge is 2.11. The second kappa shape index (κ2) is 4.87. The fourth-order valence-electron chi connectivity index (χ4n) is 1.40. The van der Waals surface area contributed by atoms with Crippen molar-refractivity contribution in [3.8, 4) is 5.88 Å². The maximum Gasteiger partial charge on any atom is 0.215 e. The van der Waals surface area contributed by atoms with E-state index < -0.39 is 11.6 Å². The van der Waals surface area contributed by atoms with Gasteiger partial charge in [-0.25, -0.2) is 8.78 Å². The van der Waals surface area contributed by atoms with Gasteiger partial charge in [-0.05, 0) is 18.2 Å². The van der Waals surface area contributed by atoms with Crippen LogP contribution in [0.15, 0.2) is 30.3 Å². The Morgan fingerprint density at radius 1 is 1.17 bits per heavy atom. The van der Waals surface area contributed by atoms with E-state index >= 15 is 0 Å². The molecule has 18 heavy (non-hydrogen) atoms. The molecule has 0 aliphatic heterocycles. The molecule has 1 heterocycles. The highest BCUT2D eigenvalue weighted by Crippen LogP contribution is 2.27. The first-order valence-corrected chi connectivity index (χ1v) is 5.13. The number of para-hydroxylation sites is 1. The highest BCUT2D eigenvalue weighted by molar-refractivity contribution is 5.69. The number of nitrogen functional groups attached to an aromatic ring is 1. The lowest BCUT2D eigenvalue weighted by Gasteiger charge is -2.11. The van der Waals surface area contributed by atoms with Crippen molar-refractivity contribution in [2.75, 3.05) is 18.2 Å². The monoisotopic (exact) mass is 251 g/mol. The minimum Gasteiger partial charge on any atom is -0.481 e. The summed E-state index contributed by atoms with van der Waals surface area (Å²) < 4.78 is 31.8. The van der Waals surface area contributed by atoms with Crippen molar-refractivity contribution >= 4 is 17.2 Å². The number of ether oxygens (including phenoxy) is 1. The highest BCUT2D eigenvalue weighted by atomic mass is 19.1. The number of aromatic nitrogens is 1. The number of hydrogen-bond donors (Lipinski definition) is 2. The summed E-state index contributed by atoms with van der Waals surface area (Å²) in [4.78, 5) is 3.98. The molecule has 2 aromatic rings. The zero-order chi connectivity index (χ0) is 13.1. The van der Waals surface area contributed by atoms with Crippen LogP contribution in [0, 0.1) is 11.6 Å². The van der Waals surface area contributed by atoms with Gasteiger partial charge in [0.15, 0.2) is 5.82 Å². The van der Waals surface area contributed by atoms with E-state index in [1.807, 2.05) is 0 Å². The lowest BCUT2D eigenvalue weighted by Crippen LogP contribution is -2.03. The fourth-order valence-corrected chi connectivity index (χ4v) is 1.40.